The second kappa shape index (κ2) is 9.63. The van der Waals surface area contributed by atoms with Gasteiger partial charge in [0.2, 0.25) is 0 Å². The second-order valence-corrected chi connectivity index (χ2v) is 7.39. The first-order valence-corrected chi connectivity index (χ1v) is 8.60. The van der Waals surface area contributed by atoms with Crippen molar-refractivity contribution in [3.05, 3.63) is 41.5 Å². The number of benzene rings is 1. The quantitative estimate of drug-likeness (QED) is 0.581. The number of hydrogen-bond acceptors (Lipinski definition) is 3. The molecule has 1 fully saturated rings. The molecule has 2 rings (SSSR count). The topological polar surface area (TPSA) is 49.7 Å². The van der Waals surface area contributed by atoms with Crippen molar-refractivity contribution < 1.29 is 47.7 Å². The fourth-order valence-corrected chi connectivity index (χ4v) is 3.77. The predicted octanol–water partition coefficient (Wildman–Crippen LogP) is 3.58. The summed E-state index contributed by atoms with van der Waals surface area (Å²) in [5, 5.41) is 20.9. The molecule has 25 heavy (non-hydrogen) atoms. The third-order valence-electron chi connectivity index (χ3n) is 5.20. The van der Waals surface area contributed by atoms with Gasteiger partial charge in [0.05, 0.1) is 18.3 Å². The largest absolute Gasteiger partial charge is 0.546 e. The fraction of sp³-hybridized carbons (Fsp3) is 0.571. The molecule has 1 aliphatic rings. The Morgan fingerprint density at radius 2 is 1.92 bits per heavy atom. The summed E-state index contributed by atoms with van der Waals surface area (Å²) < 4.78 is 4.71. The maximum absolute atomic E-state index is 10.5. The molecule has 1 aliphatic carbocycles. The number of aryl methyl sites for hydroxylation is 1. The van der Waals surface area contributed by atoms with Crippen LogP contribution in [-0.2, 0) is 43.0 Å². The molecule has 0 aliphatic heterocycles. The summed E-state index contributed by atoms with van der Waals surface area (Å²) in [6.07, 6.45) is 2.08. The molecule has 4 heteroatoms. The summed E-state index contributed by atoms with van der Waals surface area (Å²) >= 11 is 0. The van der Waals surface area contributed by atoms with E-state index in [2.05, 4.69) is 44.9 Å². The van der Waals surface area contributed by atoms with Gasteiger partial charge < -0.3 is 14.9 Å². The van der Waals surface area contributed by atoms with Gasteiger partial charge in [0.1, 0.15) is 0 Å². The van der Waals surface area contributed by atoms with Gasteiger partial charge in [-0.25, -0.2) is 7.11 Å². The van der Waals surface area contributed by atoms with E-state index < -0.39 is 5.60 Å². The predicted molar refractivity (Wildman–Crippen MR) is 96.3 cm³/mol. The molecule has 1 aromatic carbocycles. The van der Waals surface area contributed by atoms with E-state index >= 15 is 0 Å². The van der Waals surface area contributed by atoms with Gasteiger partial charge in [-0.1, -0.05) is 18.1 Å². The molecule has 1 radical (unpaired) electrons. The van der Waals surface area contributed by atoms with Crippen molar-refractivity contribution in [2.75, 3.05) is 6.61 Å². The number of aliphatic hydroxyl groups is 2. The number of rotatable bonds is 4. The van der Waals surface area contributed by atoms with Gasteiger partial charge in [-0.05, 0) is 68.7 Å². The molecule has 3 nitrogen and oxygen atoms in total. The van der Waals surface area contributed by atoms with E-state index in [-0.39, 0.29) is 50.6 Å². The van der Waals surface area contributed by atoms with Crippen molar-refractivity contribution >= 4 is 0 Å². The molecule has 0 spiro atoms. The van der Waals surface area contributed by atoms with Crippen LogP contribution in [0.1, 0.15) is 61.3 Å². The van der Waals surface area contributed by atoms with E-state index in [1.165, 1.54) is 11.1 Å². The second-order valence-electron chi connectivity index (χ2n) is 7.39. The summed E-state index contributed by atoms with van der Waals surface area (Å²) in [7, 11) is 3.31. The Bertz CT molecular complexity index is 637. The van der Waals surface area contributed by atoms with E-state index in [1.54, 1.807) is 0 Å². The molecule has 0 heterocycles. The van der Waals surface area contributed by atoms with Crippen molar-refractivity contribution in [1.29, 1.82) is 0 Å². The van der Waals surface area contributed by atoms with Gasteiger partial charge in [0, 0.05) is 45.0 Å². The van der Waals surface area contributed by atoms with Crippen LogP contribution in [-0.4, -0.2) is 22.9 Å². The Labute approximate surface area is 177 Å². The zero-order valence-corrected chi connectivity index (χ0v) is 18.6. The summed E-state index contributed by atoms with van der Waals surface area (Å²) in [5.74, 6) is 6.43. The first-order valence-electron chi connectivity index (χ1n) is 8.60. The molecule has 2 N–H and O–H groups in total. The smallest absolute Gasteiger partial charge is 0.0843 e. The van der Waals surface area contributed by atoms with Crippen molar-refractivity contribution in [2.24, 2.45) is 5.92 Å². The molecule has 1 saturated carbocycles. The number of aliphatic hydroxyl groups excluding tert-OH is 1. The monoisotopic (exact) mass is 418 g/mol. The normalized spacial score (nSPS) is 22.9. The van der Waals surface area contributed by atoms with E-state index in [9.17, 15) is 10.2 Å². The molecule has 0 saturated heterocycles. The first-order chi connectivity index (χ1) is 11.3. The van der Waals surface area contributed by atoms with E-state index in [1.807, 2.05) is 13.8 Å². The Morgan fingerprint density at radius 1 is 1.24 bits per heavy atom. The van der Waals surface area contributed by atoms with Crippen LogP contribution in [0.4, 0.5) is 0 Å². The molecule has 3 unspecified atom stereocenters. The molecule has 3 atom stereocenters. The van der Waals surface area contributed by atoms with Gasteiger partial charge >= 0.3 is 0 Å². The maximum atomic E-state index is 10.5. The van der Waals surface area contributed by atoms with Gasteiger partial charge in [-0.2, -0.15) is 0 Å². The summed E-state index contributed by atoms with van der Waals surface area (Å²) in [5.41, 5.74) is 3.61. The summed E-state index contributed by atoms with van der Waals surface area (Å²) in [6, 6.07) is 4.32. The molecule has 135 valence electrons. The first kappa shape index (κ1) is 22.8. The molecule has 1 aromatic rings. The SMILES string of the molecule is [CH2-]OCC#CCC1C(O)CCC1c1cc(C)c(C)c(C(C)(C)O)c1.[Y]. The average molecular weight is 418 g/mol. The van der Waals surface area contributed by atoms with Gasteiger partial charge in [0.25, 0.3) is 0 Å². The number of ether oxygens (including phenoxy) is 1. The fourth-order valence-electron chi connectivity index (χ4n) is 3.77. The Hall–Kier alpha value is -0.236. The third-order valence-corrected chi connectivity index (χ3v) is 5.20. The minimum Gasteiger partial charge on any atom is -0.546 e. The van der Waals surface area contributed by atoms with Crippen LogP contribution >= 0.6 is 0 Å². The Morgan fingerprint density at radius 3 is 2.52 bits per heavy atom. The van der Waals surface area contributed by atoms with E-state index in [4.69, 9.17) is 4.74 Å². The third kappa shape index (κ3) is 5.62. The minimum atomic E-state index is -0.872. The molecule has 0 bridgehead atoms. The van der Waals surface area contributed by atoms with Crippen LogP contribution in [0, 0.1) is 38.7 Å². The summed E-state index contributed by atoms with van der Waals surface area (Å²) in [6.45, 7) is 8.10. The molecular weight excluding hydrogens is 389 g/mol. The van der Waals surface area contributed by atoms with Gasteiger partial charge in [-0.3, -0.25) is 0 Å². The van der Waals surface area contributed by atoms with Crippen LogP contribution in [0.3, 0.4) is 0 Å². The number of hydrogen-bond donors (Lipinski definition) is 2. The van der Waals surface area contributed by atoms with Gasteiger partial charge in [0.15, 0.2) is 0 Å². The van der Waals surface area contributed by atoms with Gasteiger partial charge in [-0.15, -0.1) is 5.92 Å². The van der Waals surface area contributed by atoms with Crippen LogP contribution in [0.5, 0.6) is 0 Å². The average Bonchev–Trinajstić information content (AvgIpc) is 2.86. The summed E-state index contributed by atoms with van der Waals surface area (Å²) in [4.78, 5) is 0. The molecule has 0 aromatic heterocycles. The zero-order valence-electron chi connectivity index (χ0n) is 15.8. The standard InChI is InChI=1S/C21H29O3.Y/c1-14-12-16(13-19(15(14)2)21(3,4)23)17-9-10-20(22)18(17)8-6-7-11-24-5;/h12-13,17-18,20,22-23H,5,8-11H2,1-4H3;/q-1;. The molecule has 0 amide bonds. The van der Waals surface area contributed by atoms with Crippen LogP contribution in [0.15, 0.2) is 12.1 Å². The van der Waals surface area contributed by atoms with Crippen molar-refractivity contribution in [3.8, 4) is 11.8 Å². The van der Waals surface area contributed by atoms with Crippen molar-refractivity contribution in [2.45, 2.75) is 64.6 Å². The minimum absolute atomic E-state index is 0. The van der Waals surface area contributed by atoms with Crippen LogP contribution in [0.25, 0.3) is 0 Å². The van der Waals surface area contributed by atoms with E-state index in [0.29, 0.717) is 13.0 Å². The van der Waals surface area contributed by atoms with Crippen molar-refractivity contribution in [3.63, 3.8) is 0 Å². The van der Waals surface area contributed by atoms with E-state index in [0.717, 1.165) is 24.0 Å². The Kier molecular flexibility index (Phi) is 8.78. The Balaban J connectivity index is 0.00000312. The van der Waals surface area contributed by atoms with Crippen molar-refractivity contribution in [1.82, 2.24) is 0 Å². The zero-order chi connectivity index (χ0) is 17.9. The van der Waals surface area contributed by atoms with Crippen LogP contribution in [0.2, 0.25) is 0 Å². The van der Waals surface area contributed by atoms with Crippen LogP contribution < -0.4 is 0 Å². The maximum Gasteiger partial charge on any atom is 0.0843 e. The molecular formula is C21H29O3Y-.